The molecule has 0 heterocycles. The zero-order valence-electron chi connectivity index (χ0n) is 14.5. The lowest BCUT2D eigenvalue weighted by molar-refractivity contribution is -0.139. The van der Waals surface area contributed by atoms with Crippen molar-refractivity contribution in [3.05, 3.63) is 40.9 Å². The van der Waals surface area contributed by atoms with Crippen molar-refractivity contribution >= 4 is 5.97 Å². The number of aryl methyl sites for hydroxylation is 1. The highest BCUT2D eigenvalue weighted by Crippen LogP contribution is 2.29. The van der Waals surface area contributed by atoms with Gasteiger partial charge in [-0.2, -0.15) is 0 Å². The van der Waals surface area contributed by atoms with E-state index in [0.717, 1.165) is 6.42 Å². The second-order valence-electron chi connectivity index (χ2n) is 6.13. The zero-order chi connectivity index (χ0) is 17.6. The van der Waals surface area contributed by atoms with Crippen LogP contribution < -0.4 is 21.7 Å². The summed E-state index contributed by atoms with van der Waals surface area (Å²) in [6.07, 6.45) is 0.868. The Labute approximate surface area is 137 Å². The number of hydrazine groups is 1. The van der Waals surface area contributed by atoms with Crippen LogP contribution in [0.5, 0.6) is 5.75 Å². The molecule has 0 aliphatic heterocycles. The fourth-order valence-electron chi connectivity index (χ4n) is 2.27. The third-order valence-electron chi connectivity index (χ3n) is 3.36. The highest BCUT2D eigenvalue weighted by atomic mass is 16.5. The maximum absolute atomic E-state index is 11.7. The number of rotatable bonds is 6. The smallest absolute Gasteiger partial charge is 0.361 e. The molecule has 0 aromatic heterocycles. The van der Waals surface area contributed by atoms with Crippen LogP contribution in [0.25, 0.3) is 0 Å². The second kappa shape index (κ2) is 7.87. The Hall–Kier alpha value is -2.21. The Morgan fingerprint density at radius 1 is 1.26 bits per heavy atom. The number of hydrogen-bond donors (Lipinski definition) is 3. The molecular formula is C17H27N3O3. The SMILES string of the molecule is CCOC(=O)/C(NN)=C(/N)Oc1ccc(C(C)(C)C)c(CC)c1. The van der Waals surface area contributed by atoms with Crippen molar-refractivity contribution in [1.82, 2.24) is 5.43 Å². The zero-order valence-corrected chi connectivity index (χ0v) is 14.5. The van der Waals surface area contributed by atoms with Gasteiger partial charge in [0.1, 0.15) is 5.75 Å². The van der Waals surface area contributed by atoms with Crippen molar-refractivity contribution in [3.63, 3.8) is 0 Å². The van der Waals surface area contributed by atoms with E-state index in [0.29, 0.717) is 5.75 Å². The fourth-order valence-corrected chi connectivity index (χ4v) is 2.27. The molecule has 1 aromatic rings. The van der Waals surface area contributed by atoms with Crippen LogP contribution in [0.2, 0.25) is 0 Å². The lowest BCUT2D eigenvalue weighted by atomic mass is 9.83. The van der Waals surface area contributed by atoms with Gasteiger partial charge in [0, 0.05) is 0 Å². The van der Waals surface area contributed by atoms with Gasteiger partial charge in [-0.15, -0.1) is 0 Å². The molecule has 6 heteroatoms. The summed E-state index contributed by atoms with van der Waals surface area (Å²) in [5, 5.41) is 0. The standard InChI is InChI=1S/C17H27N3O3/c1-6-11-10-12(8-9-13(11)17(3,4)5)23-15(18)14(20-19)16(21)22-7-2/h8-10,20H,6-7,18-19H2,1-5H3/b15-14+. The van der Waals surface area contributed by atoms with Crippen molar-refractivity contribution in [2.75, 3.05) is 6.61 Å². The summed E-state index contributed by atoms with van der Waals surface area (Å²) in [6, 6.07) is 5.76. The maximum Gasteiger partial charge on any atom is 0.361 e. The van der Waals surface area contributed by atoms with Gasteiger partial charge < -0.3 is 20.6 Å². The quantitative estimate of drug-likeness (QED) is 0.244. The molecule has 6 nitrogen and oxygen atoms in total. The lowest BCUT2D eigenvalue weighted by Gasteiger charge is -2.23. The van der Waals surface area contributed by atoms with Gasteiger partial charge in [0.15, 0.2) is 5.70 Å². The van der Waals surface area contributed by atoms with Gasteiger partial charge in [0.2, 0.25) is 5.88 Å². The van der Waals surface area contributed by atoms with Gasteiger partial charge in [-0.3, -0.25) is 5.84 Å². The third-order valence-corrected chi connectivity index (χ3v) is 3.36. The Kier molecular flexibility index (Phi) is 6.45. The number of ether oxygens (including phenoxy) is 2. The van der Waals surface area contributed by atoms with Crippen LogP contribution >= 0.6 is 0 Å². The maximum atomic E-state index is 11.7. The fraction of sp³-hybridized carbons (Fsp3) is 0.471. The van der Waals surface area contributed by atoms with E-state index < -0.39 is 5.97 Å². The van der Waals surface area contributed by atoms with E-state index in [1.165, 1.54) is 11.1 Å². The highest BCUT2D eigenvalue weighted by Gasteiger charge is 2.19. The first-order chi connectivity index (χ1) is 10.7. The van der Waals surface area contributed by atoms with Gasteiger partial charge in [-0.25, -0.2) is 4.79 Å². The number of carbonyl (C=O) groups is 1. The molecule has 0 saturated heterocycles. The van der Waals surface area contributed by atoms with Gasteiger partial charge >= 0.3 is 5.97 Å². The number of hydrogen-bond acceptors (Lipinski definition) is 6. The molecule has 0 bridgehead atoms. The molecule has 1 rings (SSSR count). The van der Waals surface area contributed by atoms with E-state index in [1.54, 1.807) is 6.92 Å². The molecule has 128 valence electrons. The highest BCUT2D eigenvalue weighted by molar-refractivity contribution is 5.88. The van der Waals surface area contributed by atoms with Crippen molar-refractivity contribution in [1.29, 1.82) is 0 Å². The summed E-state index contributed by atoms with van der Waals surface area (Å²) in [5.41, 5.74) is 10.4. The number of nitrogens with two attached hydrogens (primary N) is 2. The second-order valence-corrected chi connectivity index (χ2v) is 6.13. The van der Waals surface area contributed by atoms with Gasteiger partial charge in [-0.05, 0) is 42.0 Å². The van der Waals surface area contributed by atoms with Gasteiger partial charge in [0.25, 0.3) is 0 Å². The summed E-state index contributed by atoms with van der Waals surface area (Å²) in [7, 11) is 0. The average molecular weight is 321 g/mol. The molecule has 0 radical (unpaired) electrons. The van der Waals surface area contributed by atoms with E-state index >= 15 is 0 Å². The first-order valence-electron chi connectivity index (χ1n) is 7.69. The van der Waals surface area contributed by atoms with E-state index in [9.17, 15) is 4.79 Å². The van der Waals surface area contributed by atoms with Crippen molar-refractivity contribution < 1.29 is 14.3 Å². The average Bonchev–Trinajstić information content (AvgIpc) is 2.46. The van der Waals surface area contributed by atoms with E-state index in [-0.39, 0.29) is 23.6 Å². The van der Waals surface area contributed by atoms with Crippen LogP contribution in [0.3, 0.4) is 0 Å². The van der Waals surface area contributed by atoms with Crippen LogP contribution in [0.15, 0.2) is 29.8 Å². The van der Waals surface area contributed by atoms with E-state index in [1.807, 2.05) is 18.2 Å². The summed E-state index contributed by atoms with van der Waals surface area (Å²) in [6.45, 7) is 10.5. The normalized spacial score (nSPS) is 12.4. The first-order valence-corrected chi connectivity index (χ1v) is 7.69. The molecule has 0 fully saturated rings. The Balaban J connectivity index is 3.11. The van der Waals surface area contributed by atoms with Crippen LogP contribution in [-0.2, 0) is 21.4 Å². The van der Waals surface area contributed by atoms with Crippen LogP contribution in [-0.4, -0.2) is 12.6 Å². The molecule has 0 aliphatic rings. The summed E-state index contributed by atoms with van der Waals surface area (Å²) in [5.74, 6) is 5.09. The molecule has 0 aliphatic carbocycles. The molecule has 5 N–H and O–H groups in total. The van der Waals surface area contributed by atoms with Crippen molar-refractivity contribution in [2.24, 2.45) is 11.6 Å². The topological polar surface area (TPSA) is 99.6 Å². The third kappa shape index (κ3) is 4.89. The van der Waals surface area contributed by atoms with Gasteiger partial charge in [-0.1, -0.05) is 33.8 Å². The molecule has 23 heavy (non-hydrogen) atoms. The molecule has 0 spiro atoms. The van der Waals surface area contributed by atoms with Crippen LogP contribution in [0, 0.1) is 0 Å². The number of esters is 1. The first kappa shape index (κ1) is 18.8. The van der Waals surface area contributed by atoms with Crippen LogP contribution in [0.1, 0.15) is 45.7 Å². The molecule has 0 saturated carbocycles. The molecule has 0 unspecified atom stereocenters. The lowest BCUT2D eigenvalue weighted by Crippen LogP contribution is -2.32. The van der Waals surface area contributed by atoms with E-state index in [2.05, 4.69) is 33.1 Å². The van der Waals surface area contributed by atoms with Crippen LogP contribution in [0.4, 0.5) is 0 Å². The van der Waals surface area contributed by atoms with Gasteiger partial charge in [0.05, 0.1) is 6.61 Å². The molecule has 0 amide bonds. The summed E-state index contributed by atoms with van der Waals surface area (Å²) >= 11 is 0. The summed E-state index contributed by atoms with van der Waals surface area (Å²) < 4.78 is 10.4. The number of carbonyl (C=O) groups excluding carboxylic acids is 1. The Morgan fingerprint density at radius 2 is 1.91 bits per heavy atom. The van der Waals surface area contributed by atoms with E-state index in [4.69, 9.17) is 21.1 Å². The monoisotopic (exact) mass is 321 g/mol. The Bertz CT molecular complexity index is 589. The molecule has 1 aromatic carbocycles. The largest absolute Gasteiger partial charge is 0.461 e. The minimum absolute atomic E-state index is 0.0418. The molecule has 0 atom stereocenters. The van der Waals surface area contributed by atoms with Crippen molar-refractivity contribution in [3.8, 4) is 5.75 Å². The minimum atomic E-state index is -0.658. The summed E-state index contributed by atoms with van der Waals surface area (Å²) in [4.78, 5) is 11.7. The minimum Gasteiger partial charge on any atom is -0.461 e. The number of nitrogens with one attached hydrogen (secondary N) is 1. The predicted octanol–water partition coefficient (Wildman–Crippen LogP) is 2.08. The predicted molar refractivity (Wildman–Crippen MR) is 90.3 cm³/mol. The molecular weight excluding hydrogens is 294 g/mol. The Morgan fingerprint density at radius 3 is 2.39 bits per heavy atom. The number of benzene rings is 1. The van der Waals surface area contributed by atoms with Crippen molar-refractivity contribution in [2.45, 2.75) is 46.5 Å².